The first-order valence-corrected chi connectivity index (χ1v) is 10.1. The Morgan fingerprint density at radius 3 is 2.69 bits per heavy atom. The highest BCUT2D eigenvalue weighted by molar-refractivity contribution is 5.79. The molecule has 1 fully saturated rings. The van der Waals surface area contributed by atoms with Crippen LogP contribution in [0.4, 0.5) is 13.2 Å². The lowest BCUT2D eigenvalue weighted by molar-refractivity contribution is -0.272. The second-order valence-corrected chi connectivity index (χ2v) is 7.51. The highest BCUT2D eigenvalue weighted by atomic mass is 19.4. The molecule has 0 spiro atoms. The van der Waals surface area contributed by atoms with Crippen LogP contribution in [-0.4, -0.2) is 82.4 Å². The summed E-state index contributed by atoms with van der Waals surface area (Å²) in [7, 11) is 3.32. The molecule has 7 nitrogen and oxygen atoms in total. The summed E-state index contributed by atoms with van der Waals surface area (Å²) in [5, 5.41) is 13.6. The molecule has 0 aliphatic carbocycles. The van der Waals surface area contributed by atoms with Crippen molar-refractivity contribution in [3.8, 4) is 0 Å². The fourth-order valence-electron chi connectivity index (χ4n) is 3.86. The summed E-state index contributed by atoms with van der Waals surface area (Å²) in [4.78, 5) is 12.4. The molecule has 2 N–H and O–H groups in total. The Balaban J connectivity index is 2.11. The van der Waals surface area contributed by atoms with E-state index in [0.717, 1.165) is 32.5 Å². The fraction of sp³-hybridized carbons (Fsp3) is 0.789. The maximum absolute atomic E-state index is 13.6. The van der Waals surface area contributed by atoms with Crippen LogP contribution in [0.1, 0.15) is 38.9 Å². The number of nitrogens with one attached hydrogen (secondary N) is 1. The van der Waals surface area contributed by atoms with Gasteiger partial charge in [0.05, 0.1) is 0 Å². The van der Waals surface area contributed by atoms with Crippen LogP contribution in [0.25, 0.3) is 0 Å². The monoisotopic (exact) mass is 418 g/mol. The van der Waals surface area contributed by atoms with Gasteiger partial charge < -0.3 is 19.9 Å². The molecule has 0 aromatic carbocycles. The molecule has 2 heterocycles. The number of alkyl halides is 3. The first kappa shape index (κ1) is 23.5. The third-order valence-corrected chi connectivity index (χ3v) is 5.48. The van der Waals surface area contributed by atoms with E-state index in [2.05, 4.69) is 27.1 Å². The Hall–Kier alpha value is -1.81. The minimum absolute atomic E-state index is 0.183. The van der Waals surface area contributed by atoms with Gasteiger partial charge in [-0.3, -0.25) is 9.89 Å². The van der Waals surface area contributed by atoms with Gasteiger partial charge in [0.1, 0.15) is 5.82 Å². The van der Waals surface area contributed by atoms with Gasteiger partial charge >= 0.3 is 6.18 Å². The highest BCUT2D eigenvalue weighted by Gasteiger charge is 2.57. The summed E-state index contributed by atoms with van der Waals surface area (Å²) in [6.45, 7) is 7.28. The van der Waals surface area contributed by atoms with Crippen molar-refractivity contribution < 1.29 is 18.3 Å². The predicted octanol–water partition coefficient (Wildman–Crippen LogP) is 1.94. The van der Waals surface area contributed by atoms with Crippen LogP contribution in [0.3, 0.4) is 0 Å². The molecule has 1 aliphatic rings. The first-order valence-electron chi connectivity index (χ1n) is 10.1. The van der Waals surface area contributed by atoms with Crippen molar-refractivity contribution in [3.05, 3.63) is 18.2 Å². The van der Waals surface area contributed by atoms with Crippen molar-refractivity contribution in [2.24, 2.45) is 12.0 Å². The Bertz CT molecular complexity index is 677. The number of aliphatic imine (C=N–C) groups is 1. The molecule has 1 aromatic heterocycles. The molecule has 2 rings (SSSR count). The number of hydrogen-bond acceptors (Lipinski definition) is 4. The van der Waals surface area contributed by atoms with E-state index in [1.54, 1.807) is 0 Å². The smallest absolute Gasteiger partial charge is 0.374 e. The Morgan fingerprint density at radius 2 is 2.14 bits per heavy atom. The summed E-state index contributed by atoms with van der Waals surface area (Å²) >= 11 is 0. The molecule has 1 aromatic rings. The van der Waals surface area contributed by atoms with E-state index in [1.807, 2.05) is 18.9 Å². The van der Waals surface area contributed by atoms with Gasteiger partial charge in [-0.05, 0) is 32.9 Å². The third kappa shape index (κ3) is 5.42. The average Bonchev–Trinajstić information content (AvgIpc) is 3.28. The van der Waals surface area contributed by atoms with Gasteiger partial charge in [-0.15, -0.1) is 0 Å². The lowest BCUT2D eigenvalue weighted by Gasteiger charge is -2.31. The van der Waals surface area contributed by atoms with Crippen LogP contribution in [0.15, 0.2) is 17.4 Å². The number of likely N-dealkylation sites (N-methyl/N-ethyl adjacent to an activating group) is 2. The number of aliphatic hydroxyl groups is 1. The summed E-state index contributed by atoms with van der Waals surface area (Å²) in [6.07, 6.45) is -0.568. The Labute approximate surface area is 170 Å². The van der Waals surface area contributed by atoms with Gasteiger partial charge in [-0.25, -0.2) is 4.98 Å². The quantitative estimate of drug-likeness (QED) is 0.499. The lowest BCUT2D eigenvalue weighted by Crippen LogP contribution is -2.47. The van der Waals surface area contributed by atoms with E-state index < -0.39 is 24.0 Å². The molecule has 0 amide bonds. The molecule has 2 atom stereocenters. The molecule has 166 valence electrons. The number of aryl methyl sites for hydroxylation is 1. The van der Waals surface area contributed by atoms with E-state index in [1.165, 1.54) is 24.0 Å². The van der Waals surface area contributed by atoms with Gasteiger partial charge in [0.15, 0.2) is 5.96 Å². The number of guanidine groups is 1. The molecule has 29 heavy (non-hydrogen) atoms. The van der Waals surface area contributed by atoms with Crippen molar-refractivity contribution in [1.29, 1.82) is 0 Å². The summed E-state index contributed by atoms with van der Waals surface area (Å²) in [5.41, 5.74) is -3.05. The van der Waals surface area contributed by atoms with Gasteiger partial charge in [-0.2, -0.15) is 13.2 Å². The molecule has 1 aliphatic heterocycles. The maximum Gasteiger partial charge on any atom is 0.424 e. The largest absolute Gasteiger partial charge is 0.424 e. The average molecular weight is 419 g/mol. The molecular formula is C19H33F3N6O. The number of imidazole rings is 1. The van der Waals surface area contributed by atoms with Gasteiger partial charge in [0, 0.05) is 58.6 Å². The molecule has 0 saturated carbocycles. The number of rotatable bonds is 8. The minimum atomic E-state index is -4.85. The van der Waals surface area contributed by atoms with Gasteiger partial charge in [0.2, 0.25) is 5.60 Å². The zero-order chi connectivity index (χ0) is 21.7. The Morgan fingerprint density at radius 1 is 1.41 bits per heavy atom. The molecule has 0 radical (unpaired) electrons. The predicted molar refractivity (Wildman–Crippen MR) is 107 cm³/mol. The second kappa shape index (κ2) is 9.80. The Kier molecular flexibility index (Phi) is 7.93. The number of nitrogens with zero attached hydrogens (tertiary/aromatic N) is 5. The van der Waals surface area contributed by atoms with Crippen molar-refractivity contribution >= 4 is 5.96 Å². The standard InChI is InChI=1S/C19H33F3N6O/c1-5-23-17(27(4)14-15-8-7-12-28(15)6-2)25-10-9-18(29,19(20,21)22)16-24-11-13-26(16)3/h11,13,15,29H,5-10,12,14H2,1-4H3,(H,23,25). The zero-order valence-corrected chi connectivity index (χ0v) is 17.7. The van der Waals surface area contributed by atoms with Crippen LogP contribution in [0.5, 0.6) is 0 Å². The summed E-state index contributed by atoms with van der Waals surface area (Å²) in [5.74, 6) is 0.114. The minimum Gasteiger partial charge on any atom is -0.374 e. The normalized spacial score (nSPS) is 20.7. The lowest BCUT2D eigenvalue weighted by atomic mass is 9.98. The zero-order valence-electron chi connectivity index (χ0n) is 17.7. The van der Waals surface area contributed by atoms with Crippen LogP contribution in [0, 0.1) is 0 Å². The van der Waals surface area contributed by atoms with E-state index in [-0.39, 0.29) is 6.54 Å². The second-order valence-electron chi connectivity index (χ2n) is 7.51. The van der Waals surface area contributed by atoms with Crippen molar-refractivity contribution in [3.63, 3.8) is 0 Å². The van der Waals surface area contributed by atoms with E-state index in [4.69, 9.17) is 0 Å². The van der Waals surface area contributed by atoms with Crippen molar-refractivity contribution in [1.82, 2.24) is 24.7 Å². The topological polar surface area (TPSA) is 68.9 Å². The van der Waals surface area contributed by atoms with Crippen LogP contribution in [0.2, 0.25) is 0 Å². The van der Waals surface area contributed by atoms with Crippen LogP contribution >= 0.6 is 0 Å². The summed E-state index contributed by atoms with van der Waals surface area (Å²) < 4.78 is 42.1. The highest BCUT2D eigenvalue weighted by Crippen LogP contribution is 2.40. The SMILES string of the molecule is CCNC(=NCCC(O)(c1nccn1C)C(F)(F)F)N(C)CC1CCCN1CC. The number of halogens is 3. The molecule has 0 bridgehead atoms. The van der Waals surface area contributed by atoms with E-state index in [9.17, 15) is 18.3 Å². The fourth-order valence-corrected chi connectivity index (χ4v) is 3.86. The van der Waals surface area contributed by atoms with E-state index in [0.29, 0.717) is 18.5 Å². The molecule has 2 unspecified atom stereocenters. The number of hydrogen-bond donors (Lipinski definition) is 2. The number of aromatic nitrogens is 2. The van der Waals surface area contributed by atoms with Crippen molar-refractivity contribution in [2.45, 2.75) is 50.9 Å². The van der Waals surface area contributed by atoms with Gasteiger partial charge in [0.25, 0.3) is 0 Å². The number of likely N-dealkylation sites (tertiary alicyclic amines) is 1. The van der Waals surface area contributed by atoms with Crippen molar-refractivity contribution in [2.75, 3.05) is 39.8 Å². The molecule has 1 saturated heterocycles. The first-order chi connectivity index (χ1) is 13.6. The summed E-state index contributed by atoms with van der Waals surface area (Å²) in [6, 6.07) is 0.411. The molecule has 10 heteroatoms. The maximum atomic E-state index is 13.6. The third-order valence-electron chi connectivity index (χ3n) is 5.48. The van der Waals surface area contributed by atoms with Crippen LogP contribution < -0.4 is 5.32 Å². The molecular weight excluding hydrogens is 385 g/mol. The van der Waals surface area contributed by atoms with E-state index >= 15 is 0 Å². The van der Waals surface area contributed by atoms with Gasteiger partial charge in [-0.1, -0.05) is 6.92 Å². The van der Waals surface area contributed by atoms with Crippen LogP contribution in [-0.2, 0) is 12.6 Å².